The topological polar surface area (TPSA) is 42.3 Å². The van der Waals surface area contributed by atoms with E-state index < -0.39 is 0 Å². The molecule has 13 rings (SSSR count). The Morgan fingerprint density at radius 1 is 0.484 bits per heavy atom. The molecule has 0 unspecified atom stereocenters. The summed E-state index contributed by atoms with van der Waals surface area (Å²) in [5.74, 6) is 2.37. The first-order valence-corrected chi connectivity index (χ1v) is 20.9. The molecule has 0 bridgehead atoms. The number of anilines is 4. The molecular formula is C54H35BN6O. The third-order valence-electron chi connectivity index (χ3n) is 12.4. The van der Waals surface area contributed by atoms with Crippen molar-refractivity contribution in [2.75, 3.05) is 9.62 Å². The van der Waals surface area contributed by atoms with Gasteiger partial charge in [0.25, 0.3) is 6.33 Å². The van der Waals surface area contributed by atoms with Crippen LogP contribution in [0.2, 0.25) is 0 Å². The van der Waals surface area contributed by atoms with Gasteiger partial charge in [0.2, 0.25) is 0 Å². The van der Waals surface area contributed by atoms with Crippen LogP contribution in [-0.4, -0.2) is 21.1 Å². The summed E-state index contributed by atoms with van der Waals surface area (Å²) in [5, 5.41) is 2.45. The van der Waals surface area contributed by atoms with Gasteiger partial charge in [-0.3, -0.25) is 9.13 Å². The number of imidazole rings is 1. The lowest BCUT2D eigenvalue weighted by molar-refractivity contribution is -0.572. The maximum absolute atomic E-state index is 6.75. The zero-order valence-corrected chi connectivity index (χ0v) is 33.4. The molecule has 3 aromatic heterocycles. The first-order valence-electron chi connectivity index (χ1n) is 20.9. The Morgan fingerprint density at radius 3 is 1.90 bits per heavy atom. The Balaban J connectivity index is 0.883. The minimum absolute atomic E-state index is 0.117. The van der Waals surface area contributed by atoms with Crippen molar-refractivity contribution >= 4 is 68.2 Å². The molecule has 0 spiro atoms. The van der Waals surface area contributed by atoms with E-state index >= 15 is 0 Å². The molecule has 5 heterocycles. The number of rotatable bonds is 6. The normalized spacial score (nSPS) is 12.7. The Kier molecular flexibility index (Phi) is 7.56. The fourth-order valence-electron chi connectivity index (χ4n) is 9.78. The summed E-state index contributed by atoms with van der Waals surface area (Å²) >= 11 is 0. The molecule has 11 aromatic rings. The molecule has 0 amide bonds. The lowest BCUT2D eigenvalue weighted by Crippen LogP contribution is -2.55. The number of ether oxygens (including phenoxy) is 1. The Hall–Kier alpha value is -8.36. The second kappa shape index (κ2) is 13.6. The van der Waals surface area contributed by atoms with Gasteiger partial charge < -0.3 is 18.9 Å². The molecule has 62 heavy (non-hydrogen) atoms. The number of hydrogen-bond donors (Lipinski definition) is 0. The molecule has 0 radical (unpaired) electrons. The number of nitrogens with zero attached hydrogens (tertiary/aromatic N) is 6. The van der Waals surface area contributed by atoms with Crippen molar-refractivity contribution < 1.29 is 9.30 Å². The zero-order chi connectivity index (χ0) is 40.7. The summed E-state index contributed by atoms with van der Waals surface area (Å²) in [5.41, 5.74) is 14.4. The molecule has 2 aliphatic heterocycles. The quantitative estimate of drug-likeness (QED) is 0.0955. The maximum Gasteiger partial charge on any atom is 0.422 e. The monoisotopic (exact) mass is 794 g/mol. The van der Waals surface area contributed by atoms with E-state index in [-0.39, 0.29) is 6.98 Å². The summed E-state index contributed by atoms with van der Waals surface area (Å²) in [6.07, 6.45) is 5.63. The first-order chi connectivity index (χ1) is 30.8. The van der Waals surface area contributed by atoms with Crippen LogP contribution >= 0.6 is 0 Å². The van der Waals surface area contributed by atoms with E-state index in [0.717, 1.165) is 67.8 Å². The van der Waals surface area contributed by atoms with Crippen molar-refractivity contribution in [3.63, 3.8) is 0 Å². The third kappa shape index (κ3) is 5.13. The largest absolute Gasteiger partial charge is 0.458 e. The smallest absolute Gasteiger partial charge is 0.422 e. The molecule has 8 aromatic carbocycles. The van der Waals surface area contributed by atoms with Crippen molar-refractivity contribution in [3.8, 4) is 39.7 Å². The number of benzene rings is 8. The summed E-state index contributed by atoms with van der Waals surface area (Å²) in [6, 6.07) is 72.5. The van der Waals surface area contributed by atoms with Crippen molar-refractivity contribution in [2.45, 2.75) is 0 Å². The van der Waals surface area contributed by atoms with Crippen LogP contribution in [0, 0.1) is 6.33 Å². The van der Waals surface area contributed by atoms with Gasteiger partial charge in [0.05, 0.1) is 44.8 Å². The first kappa shape index (κ1) is 34.5. The van der Waals surface area contributed by atoms with Crippen LogP contribution in [0.5, 0.6) is 11.5 Å². The standard InChI is InChI=1S/C54H35BN6O/c1-5-24-45-41(20-1)42-21-4-8-27-48(42)61-53-32-15-33-56-54(53)60(55(45)61)38-17-14-19-40(35-38)62-39-18-13-16-37(34-39)57-36-58(50-29-10-9-28-49(50)57)51-30-11-12-31-52(51)59-46-25-6-2-22-43(46)44-23-3-7-26-47(44)59/h1-35H. The van der Waals surface area contributed by atoms with Gasteiger partial charge in [-0.05, 0) is 83.8 Å². The van der Waals surface area contributed by atoms with Crippen molar-refractivity contribution in [1.29, 1.82) is 0 Å². The molecule has 0 saturated heterocycles. The molecule has 0 saturated carbocycles. The second-order valence-electron chi connectivity index (χ2n) is 15.8. The maximum atomic E-state index is 6.75. The van der Waals surface area contributed by atoms with Gasteiger partial charge in [0.15, 0.2) is 0 Å². The second-order valence-corrected chi connectivity index (χ2v) is 15.8. The highest BCUT2D eigenvalue weighted by Crippen LogP contribution is 2.50. The van der Waals surface area contributed by atoms with Gasteiger partial charge in [0, 0.05) is 40.0 Å². The average Bonchev–Trinajstić information content (AvgIpc) is 4.01. The van der Waals surface area contributed by atoms with E-state index in [1.165, 1.54) is 33.0 Å². The van der Waals surface area contributed by atoms with E-state index in [1.807, 2.05) is 30.5 Å². The van der Waals surface area contributed by atoms with Crippen molar-refractivity contribution in [3.05, 3.63) is 219 Å². The lowest BCUT2D eigenvalue weighted by atomic mass is 9.59. The summed E-state index contributed by atoms with van der Waals surface area (Å²) < 4.78 is 13.4. The van der Waals surface area contributed by atoms with Crippen molar-refractivity contribution in [1.82, 2.24) is 14.1 Å². The van der Waals surface area contributed by atoms with Gasteiger partial charge in [-0.1, -0.05) is 127 Å². The highest BCUT2D eigenvalue weighted by Gasteiger charge is 2.48. The Morgan fingerprint density at radius 2 is 1.10 bits per heavy atom. The summed E-state index contributed by atoms with van der Waals surface area (Å²) in [6.45, 7) is -0.117. The summed E-state index contributed by atoms with van der Waals surface area (Å²) in [7, 11) is 0. The minimum Gasteiger partial charge on any atom is -0.458 e. The zero-order valence-electron chi connectivity index (χ0n) is 33.4. The van der Waals surface area contributed by atoms with Crippen LogP contribution in [0.3, 0.4) is 0 Å². The fourth-order valence-corrected chi connectivity index (χ4v) is 9.78. The third-order valence-corrected chi connectivity index (χ3v) is 12.4. The SMILES string of the molecule is [c-]1n(-c2cccc(Oc3cccc(N4B5c6ccccc6-c6ccccc6N5c5cccnc54)c3)c2)c2ccccc2[n+]1-c1ccccc1-n1c2ccccc2c2ccccc21. The van der Waals surface area contributed by atoms with E-state index in [2.05, 4.69) is 212 Å². The average molecular weight is 795 g/mol. The molecule has 0 fully saturated rings. The highest BCUT2D eigenvalue weighted by atomic mass is 16.5. The molecule has 0 N–H and O–H groups in total. The predicted molar refractivity (Wildman–Crippen MR) is 250 cm³/mol. The van der Waals surface area contributed by atoms with Crippen LogP contribution in [0.15, 0.2) is 212 Å². The molecule has 0 aliphatic carbocycles. The molecule has 290 valence electrons. The molecule has 0 atom stereocenters. The van der Waals surface area contributed by atoms with Crippen LogP contribution in [0.4, 0.5) is 22.9 Å². The van der Waals surface area contributed by atoms with E-state index in [4.69, 9.17) is 9.72 Å². The minimum atomic E-state index is -0.117. The van der Waals surface area contributed by atoms with Crippen LogP contribution in [-0.2, 0) is 0 Å². The molecular weight excluding hydrogens is 759 g/mol. The van der Waals surface area contributed by atoms with E-state index in [1.54, 1.807) is 0 Å². The van der Waals surface area contributed by atoms with Gasteiger partial charge in [0.1, 0.15) is 17.3 Å². The van der Waals surface area contributed by atoms with Crippen LogP contribution in [0.1, 0.15) is 0 Å². The van der Waals surface area contributed by atoms with E-state index in [9.17, 15) is 0 Å². The van der Waals surface area contributed by atoms with Crippen LogP contribution in [0.25, 0.3) is 61.0 Å². The van der Waals surface area contributed by atoms with Gasteiger partial charge >= 0.3 is 6.98 Å². The predicted octanol–water partition coefficient (Wildman–Crippen LogP) is 11.7. The van der Waals surface area contributed by atoms with Crippen molar-refractivity contribution in [2.24, 2.45) is 0 Å². The highest BCUT2D eigenvalue weighted by molar-refractivity contribution is 6.86. The van der Waals surface area contributed by atoms with E-state index in [0.29, 0.717) is 0 Å². The van der Waals surface area contributed by atoms with Gasteiger partial charge in [-0.15, -0.1) is 0 Å². The van der Waals surface area contributed by atoms with Crippen LogP contribution < -0.4 is 24.4 Å². The Labute approximate surface area is 358 Å². The number of pyridine rings is 1. The lowest BCUT2D eigenvalue weighted by Gasteiger charge is -2.36. The summed E-state index contributed by atoms with van der Waals surface area (Å²) in [4.78, 5) is 9.73. The fraction of sp³-hybridized carbons (Fsp3) is 0. The van der Waals surface area contributed by atoms with Gasteiger partial charge in [-0.25, -0.2) is 4.98 Å². The van der Waals surface area contributed by atoms with Gasteiger partial charge in [-0.2, -0.15) is 0 Å². The number of para-hydroxylation sites is 7. The number of fused-ring (bicyclic) bond motifs is 12. The number of aromatic nitrogens is 4. The Bertz CT molecular complexity index is 3520. The number of hydrogen-bond acceptors (Lipinski definition) is 4. The molecule has 7 nitrogen and oxygen atoms in total. The molecule has 8 heteroatoms. The molecule has 2 aliphatic rings.